The standard InChI is InChI=1S/C22H25N3O3/c26-19(15-24-10-12-25(13-11-24)18-4-2-1-3-5-18)16-28-20-7-8-21-17(14-20)6-9-22(27)23-21/h1-9,14,19,26H,10-13,15-16H2,(H,23,27). The molecule has 0 bridgehead atoms. The van der Waals surface area contributed by atoms with Crippen LogP contribution in [-0.4, -0.2) is 60.4 Å². The minimum absolute atomic E-state index is 0.121. The molecule has 0 spiro atoms. The van der Waals surface area contributed by atoms with Crippen LogP contribution in [0.3, 0.4) is 0 Å². The first-order valence-electron chi connectivity index (χ1n) is 9.64. The highest BCUT2D eigenvalue weighted by atomic mass is 16.5. The van der Waals surface area contributed by atoms with Gasteiger partial charge < -0.3 is 19.7 Å². The molecule has 2 aromatic carbocycles. The molecule has 1 aliphatic rings. The number of H-pyrrole nitrogens is 1. The molecule has 1 unspecified atom stereocenters. The number of fused-ring (bicyclic) bond motifs is 1. The summed E-state index contributed by atoms with van der Waals surface area (Å²) in [6.07, 6.45) is -0.547. The van der Waals surface area contributed by atoms with Gasteiger partial charge in [-0.15, -0.1) is 0 Å². The van der Waals surface area contributed by atoms with Gasteiger partial charge in [-0.25, -0.2) is 0 Å². The zero-order chi connectivity index (χ0) is 19.3. The fraction of sp³-hybridized carbons (Fsp3) is 0.318. The van der Waals surface area contributed by atoms with Crippen LogP contribution in [0, 0.1) is 0 Å². The van der Waals surface area contributed by atoms with E-state index in [1.165, 1.54) is 11.8 Å². The van der Waals surface area contributed by atoms with Gasteiger partial charge in [0.15, 0.2) is 0 Å². The number of ether oxygens (including phenoxy) is 1. The van der Waals surface area contributed by atoms with E-state index in [2.05, 4.69) is 39.0 Å². The second-order valence-corrected chi connectivity index (χ2v) is 7.16. The van der Waals surface area contributed by atoms with Crippen LogP contribution in [0.15, 0.2) is 65.5 Å². The second kappa shape index (κ2) is 8.46. The highest BCUT2D eigenvalue weighted by Gasteiger charge is 2.19. The van der Waals surface area contributed by atoms with Crippen LogP contribution in [0.4, 0.5) is 5.69 Å². The maximum Gasteiger partial charge on any atom is 0.248 e. The van der Waals surface area contributed by atoms with Gasteiger partial charge in [0, 0.05) is 55.4 Å². The molecule has 0 amide bonds. The Morgan fingerprint density at radius 3 is 2.57 bits per heavy atom. The van der Waals surface area contributed by atoms with Crippen molar-refractivity contribution < 1.29 is 9.84 Å². The summed E-state index contributed by atoms with van der Waals surface area (Å²) in [5, 5.41) is 11.3. The molecule has 1 fully saturated rings. The maximum atomic E-state index is 11.3. The van der Waals surface area contributed by atoms with E-state index in [1.807, 2.05) is 24.3 Å². The van der Waals surface area contributed by atoms with E-state index < -0.39 is 6.10 Å². The normalized spacial score (nSPS) is 16.2. The molecular weight excluding hydrogens is 354 g/mol. The number of nitrogens with one attached hydrogen (secondary N) is 1. The minimum Gasteiger partial charge on any atom is -0.491 e. The molecule has 3 aromatic rings. The van der Waals surface area contributed by atoms with E-state index in [0.717, 1.165) is 37.1 Å². The van der Waals surface area contributed by atoms with Crippen LogP contribution in [-0.2, 0) is 0 Å². The number of anilines is 1. The van der Waals surface area contributed by atoms with Gasteiger partial charge in [-0.1, -0.05) is 18.2 Å². The van der Waals surface area contributed by atoms with Gasteiger partial charge in [-0.2, -0.15) is 0 Å². The molecule has 0 radical (unpaired) electrons. The molecule has 1 aliphatic heterocycles. The van der Waals surface area contributed by atoms with Gasteiger partial charge in [-0.05, 0) is 36.4 Å². The van der Waals surface area contributed by atoms with E-state index >= 15 is 0 Å². The third-order valence-electron chi connectivity index (χ3n) is 5.10. The number of pyridine rings is 1. The number of aromatic nitrogens is 1. The molecule has 6 heteroatoms. The summed E-state index contributed by atoms with van der Waals surface area (Å²) >= 11 is 0. The lowest BCUT2D eigenvalue weighted by Crippen LogP contribution is -2.49. The number of hydrogen-bond donors (Lipinski definition) is 2. The van der Waals surface area contributed by atoms with E-state index in [1.54, 1.807) is 6.07 Å². The number of nitrogens with zero attached hydrogens (tertiary/aromatic N) is 2. The molecule has 2 N–H and O–H groups in total. The number of piperazine rings is 1. The number of aliphatic hydroxyl groups is 1. The summed E-state index contributed by atoms with van der Waals surface area (Å²) in [5.74, 6) is 0.687. The van der Waals surface area contributed by atoms with Crippen molar-refractivity contribution in [1.82, 2.24) is 9.88 Å². The van der Waals surface area contributed by atoms with Crippen LogP contribution >= 0.6 is 0 Å². The smallest absolute Gasteiger partial charge is 0.248 e. The summed E-state index contributed by atoms with van der Waals surface area (Å²) in [6.45, 7) is 4.61. The van der Waals surface area contributed by atoms with Crippen LogP contribution < -0.4 is 15.2 Å². The molecule has 28 heavy (non-hydrogen) atoms. The fourth-order valence-corrected chi connectivity index (χ4v) is 3.59. The van der Waals surface area contributed by atoms with Gasteiger partial charge >= 0.3 is 0 Å². The quantitative estimate of drug-likeness (QED) is 0.686. The number of β-amino-alcohol motifs (C(OH)–C–C–N with tert-alkyl or cyclic N) is 1. The molecule has 0 saturated carbocycles. The zero-order valence-electron chi connectivity index (χ0n) is 15.8. The Morgan fingerprint density at radius 1 is 1.00 bits per heavy atom. The third-order valence-corrected chi connectivity index (χ3v) is 5.10. The highest BCUT2D eigenvalue weighted by molar-refractivity contribution is 5.79. The molecule has 6 nitrogen and oxygen atoms in total. The van der Waals surface area contributed by atoms with E-state index in [0.29, 0.717) is 12.3 Å². The zero-order valence-corrected chi connectivity index (χ0v) is 15.8. The number of para-hydroxylation sites is 1. The summed E-state index contributed by atoms with van der Waals surface area (Å²) in [4.78, 5) is 18.8. The van der Waals surface area contributed by atoms with Gasteiger partial charge in [0.1, 0.15) is 18.5 Å². The molecule has 1 saturated heterocycles. The molecule has 2 heterocycles. The topological polar surface area (TPSA) is 68.8 Å². The minimum atomic E-state index is -0.547. The maximum absolute atomic E-state index is 11.3. The van der Waals surface area contributed by atoms with Crippen molar-refractivity contribution in [2.75, 3.05) is 44.2 Å². The van der Waals surface area contributed by atoms with Crippen molar-refractivity contribution in [1.29, 1.82) is 0 Å². The predicted molar refractivity (Wildman–Crippen MR) is 111 cm³/mol. The Hall–Kier alpha value is -2.83. The Balaban J connectivity index is 1.25. The summed E-state index contributed by atoms with van der Waals surface area (Å²) in [5.41, 5.74) is 1.91. The lowest BCUT2D eigenvalue weighted by atomic mass is 10.2. The average Bonchev–Trinajstić information content (AvgIpc) is 2.73. The predicted octanol–water partition coefficient (Wildman–Crippen LogP) is 2.09. The van der Waals surface area contributed by atoms with Crippen LogP contribution in [0.1, 0.15) is 0 Å². The molecule has 1 atom stereocenters. The first-order valence-corrected chi connectivity index (χ1v) is 9.64. The van der Waals surface area contributed by atoms with E-state index in [4.69, 9.17) is 4.74 Å². The number of benzene rings is 2. The van der Waals surface area contributed by atoms with Crippen molar-refractivity contribution in [2.45, 2.75) is 6.10 Å². The largest absolute Gasteiger partial charge is 0.491 e. The van der Waals surface area contributed by atoms with Crippen molar-refractivity contribution in [3.8, 4) is 5.75 Å². The first kappa shape index (κ1) is 18.5. The second-order valence-electron chi connectivity index (χ2n) is 7.16. The fourth-order valence-electron chi connectivity index (χ4n) is 3.59. The van der Waals surface area contributed by atoms with Crippen molar-refractivity contribution in [2.24, 2.45) is 0 Å². The Labute approximate surface area is 164 Å². The van der Waals surface area contributed by atoms with E-state index in [9.17, 15) is 9.90 Å². The lowest BCUT2D eigenvalue weighted by molar-refractivity contribution is 0.0663. The van der Waals surface area contributed by atoms with Crippen LogP contribution in [0.2, 0.25) is 0 Å². The molecule has 1 aromatic heterocycles. The van der Waals surface area contributed by atoms with Gasteiger partial charge in [0.2, 0.25) is 5.56 Å². The SMILES string of the molecule is O=c1ccc2cc(OCC(O)CN3CCN(c4ccccc4)CC3)ccc2[nH]1. The average molecular weight is 379 g/mol. The number of aliphatic hydroxyl groups excluding tert-OH is 1. The molecule has 4 rings (SSSR count). The molecule has 0 aliphatic carbocycles. The van der Waals surface area contributed by atoms with Crippen molar-refractivity contribution in [3.05, 3.63) is 71.0 Å². The van der Waals surface area contributed by atoms with Crippen LogP contribution in [0.25, 0.3) is 10.9 Å². The van der Waals surface area contributed by atoms with E-state index in [-0.39, 0.29) is 12.2 Å². The Bertz CT molecular complexity index is 965. The lowest BCUT2D eigenvalue weighted by Gasteiger charge is -2.36. The number of aromatic amines is 1. The monoisotopic (exact) mass is 379 g/mol. The van der Waals surface area contributed by atoms with Crippen molar-refractivity contribution in [3.63, 3.8) is 0 Å². The summed E-state index contributed by atoms with van der Waals surface area (Å²) in [6, 6.07) is 19.2. The number of hydrogen-bond acceptors (Lipinski definition) is 5. The van der Waals surface area contributed by atoms with Crippen LogP contribution in [0.5, 0.6) is 5.75 Å². The van der Waals surface area contributed by atoms with Crippen molar-refractivity contribution >= 4 is 16.6 Å². The Kier molecular flexibility index (Phi) is 5.60. The van der Waals surface area contributed by atoms with Gasteiger partial charge in [-0.3, -0.25) is 9.69 Å². The first-order chi connectivity index (χ1) is 13.7. The molecular formula is C22H25N3O3. The summed E-state index contributed by atoms with van der Waals surface area (Å²) in [7, 11) is 0. The van der Waals surface area contributed by atoms with Gasteiger partial charge in [0.25, 0.3) is 0 Å². The Morgan fingerprint density at radius 2 is 1.79 bits per heavy atom. The highest BCUT2D eigenvalue weighted by Crippen LogP contribution is 2.19. The number of rotatable bonds is 6. The molecule has 146 valence electrons. The third kappa shape index (κ3) is 4.52. The summed E-state index contributed by atoms with van der Waals surface area (Å²) < 4.78 is 5.76. The van der Waals surface area contributed by atoms with Gasteiger partial charge in [0.05, 0.1) is 0 Å².